The van der Waals surface area contributed by atoms with Gasteiger partial charge in [0, 0.05) is 51.0 Å². The molecule has 0 saturated heterocycles. The van der Waals surface area contributed by atoms with Crippen molar-refractivity contribution in [2.24, 2.45) is 5.41 Å². The molecule has 0 amide bonds. The molecular weight excluding hydrogens is 454 g/mol. The summed E-state index contributed by atoms with van der Waals surface area (Å²) in [5, 5.41) is 0.571. The van der Waals surface area contributed by atoms with Gasteiger partial charge < -0.3 is 4.90 Å². The summed E-state index contributed by atoms with van der Waals surface area (Å²) in [4.78, 5) is 30.1. The minimum atomic E-state index is -0.487. The van der Waals surface area contributed by atoms with E-state index in [1.54, 1.807) is 0 Å². The van der Waals surface area contributed by atoms with Crippen molar-refractivity contribution in [2.75, 3.05) is 4.90 Å². The first kappa shape index (κ1) is 22.1. The van der Waals surface area contributed by atoms with E-state index in [9.17, 15) is 9.59 Å². The number of ketones is 2. The molecule has 3 aromatic carbocycles. The Bertz CT molecular complexity index is 1480. The summed E-state index contributed by atoms with van der Waals surface area (Å²) in [5.41, 5.74) is 7.54. The first-order chi connectivity index (χ1) is 16.8. The normalized spacial score (nSPS) is 20.7. The summed E-state index contributed by atoms with van der Waals surface area (Å²) < 4.78 is 0. The highest BCUT2D eigenvalue weighted by Crippen LogP contribution is 2.56. The minimum Gasteiger partial charge on any atom is -0.313 e. The number of aryl methyl sites for hydroxylation is 1. The monoisotopic (exact) mass is 479 g/mol. The number of benzene rings is 3. The molecule has 174 valence electrons. The van der Waals surface area contributed by atoms with Gasteiger partial charge in [-0.1, -0.05) is 85.6 Å². The lowest BCUT2D eigenvalue weighted by atomic mass is 9.68. The second-order valence-corrected chi connectivity index (χ2v) is 11.0. The van der Waals surface area contributed by atoms with Crippen LogP contribution in [0.15, 0.2) is 89.6 Å². The Morgan fingerprint density at radius 1 is 0.829 bits per heavy atom. The van der Waals surface area contributed by atoms with Crippen molar-refractivity contribution in [3.8, 4) is 0 Å². The fraction of sp³-hybridized carbons (Fsp3) is 0.226. The van der Waals surface area contributed by atoms with Gasteiger partial charge in [0.05, 0.1) is 5.70 Å². The van der Waals surface area contributed by atoms with Crippen molar-refractivity contribution in [1.82, 2.24) is 0 Å². The van der Waals surface area contributed by atoms with E-state index in [-0.39, 0.29) is 17.0 Å². The predicted octanol–water partition coefficient (Wildman–Crippen LogP) is 7.50. The first-order valence-electron chi connectivity index (χ1n) is 12.0. The highest BCUT2D eigenvalue weighted by atomic mass is 35.5. The lowest BCUT2D eigenvalue weighted by molar-refractivity contribution is -0.118. The standard InChI is InChI=1S/C31H26ClNO2/c1-18-12-14-19(15-13-18)33-24-16-31(2,3)17-25(34)27(24)26(22-10-6-7-11-23(22)32)28-29(33)20-8-4-5-9-21(20)30(28)35/h4-15,26H,16-17H2,1-3H3/t26-/m1/s1. The zero-order chi connectivity index (χ0) is 24.5. The lowest BCUT2D eigenvalue weighted by Crippen LogP contribution is -2.39. The maximum absolute atomic E-state index is 14.0. The second-order valence-electron chi connectivity index (χ2n) is 10.6. The van der Waals surface area contributed by atoms with Crippen LogP contribution in [0, 0.1) is 12.3 Å². The van der Waals surface area contributed by atoms with E-state index in [0.29, 0.717) is 28.2 Å². The average Bonchev–Trinajstić information content (AvgIpc) is 3.11. The number of allylic oxidation sites excluding steroid dienone is 3. The number of anilines is 1. The largest absolute Gasteiger partial charge is 0.313 e. The Kier molecular flexibility index (Phi) is 4.91. The zero-order valence-electron chi connectivity index (χ0n) is 20.1. The molecular formula is C31H26ClNO2. The minimum absolute atomic E-state index is 0.0261. The molecule has 0 radical (unpaired) electrons. The number of hydrogen-bond acceptors (Lipinski definition) is 3. The predicted molar refractivity (Wildman–Crippen MR) is 141 cm³/mol. The van der Waals surface area contributed by atoms with Gasteiger partial charge in [0.1, 0.15) is 0 Å². The van der Waals surface area contributed by atoms with Gasteiger partial charge in [0.15, 0.2) is 11.6 Å². The van der Waals surface area contributed by atoms with Crippen LogP contribution < -0.4 is 4.90 Å². The van der Waals surface area contributed by atoms with E-state index in [2.05, 4.69) is 49.9 Å². The van der Waals surface area contributed by atoms with Crippen LogP contribution in [0.4, 0.5) is 5.69 Å². The molecule has 0 spiro atoms. The molecule has 0 bridgehead atoms. The van der Waals surface area contributed by atoms with Gasteiger partial charge in [0.2, 0.25) is 0 Å². The number of halogens is 1. The van der Waals surface area contributed by atoms with E-state index in [4.69, 9.17) is 11.6 Å². The molecule has 3 aromatic rings. The summed E-state index contributed by atoms with van der Waals surface area (Å²) in [7, 11) is 0. The van der Waals surface area contributed by atoms with Crippen LogP contribution in [0.3, 0.4) is 0 Å². The van der Waals surface area contributed by atoms with Crippen molar-refractivity contribution < 1.29 is 9.59 Å². The first-order valence-corrected chi connectivity index (χ1v) is 12.4. The Balaban J connectivity index is 1.72. The van der Waals surface area contributed by atoms with Gasteiger partial charge in [-0.25, -0.2) is 0 Å². The molecule has 1 heterocycles. The number of hydrogen-bond donors (Lipinski definition) is 0. The molecule has 1 atom stereocenters. The zero-order valence-corrected chi connectivity index (χ0v) is 20.8. The molecule has 0 unspecified atom stereocenters. The van der Waals surface area contributed by atoms with Crippen molar-refractivity contribution in [2.45, 2.75) is 39.5 Å². The third kappa shape index (κ3) is 3.33. The highest BCUT2D eigenvalue weighted by molar-refractivity contribution is 6.32. The van der Waals surface area contributed by atoms with E-state index < -0.39 is 5.92 Å². The highest BCUT2D eigenvalue weighted by Gasteiger charge is 2.49. The molecule has 0 fully saturated rings. The van der Waals surface area contributed by atoms with Gasteiger partial charge in [0.25, 0.3) is 0 Å². The number of fused-ring (bicyclic) bond motifs is 2. The van der Waals surface area contributed by atoms with E-state index in [0.717, 1.165) is 40.2 Å². The molecule has 4 heteroatoms. The molecule has 3 aliphatic rings. The summed E-state index contributed by atoms with van der Waals surface area (Å²) >= 11 is 6.73. The van der Waals surface area contributed by atoms with Crippen molar-refractivity contribution >= 4 is 34.6 Å². The van der Waals surface area contributed by atoms with Crippen LogP contribution in [0.1, 0.15) is 59.7 Å². The third-order valence-corrected chi connectivity index (χ3v) is 7.75. The molecule has 0 saturated carbocycles. The Morgan fingerprint density at radius 2 is 1.49 bits per heavy atom. The molecule has 6 rings (SSSR count). The van der Waals surface area contributed by atoms with Gasteiger partial charge in [-0.15, -0.1) is 0 Å². The molecule has 35 heavy (non-hydrogen) atoms. The molecule has 2 aliphatic carbocycles. The fourth-order valence-electron chi connectivity index (χ4n) is 5.90. The van der Waals surface area contributed by atoms with Gasteiger partial charge in [-0.05, 0) is 42.5 Å². The molecule has 3 nitrogen and oxygen atoms in total. The smallest absolute Gasteiger partial charge is 0.192 e. The fourth-order valence-corrected chi connectivity index (χ4v) is 6.15. The molecule has 0 aromatic heterocycles. The Labute approximate surface area is 210 Å². The van der Waals surface area contributed by atoms with Crippen LogP contribution in [0.25, 0.3) is 5.70 Å². The Morgan fingerprint density at radius 3 is 2.20 bits per heavy atom. The number of nitrogens with zero attached hydrogens (tertiary/aromatic N) is 1. The van der Waals surface area contributed by atoms with E-state index >= 15 is 0 Å². The van der Waals surface area contributed by atoms with Crippen molar-refractivity contribution in [3.05, 3.63) is 117 Å². The number of Topliss-reactive ketones (excluding diaryl/α,β-unsaturated/α-hetero) is 2. The van der Waals surface area contributed by atoms with Gasteiger partial charge in [-0.2, -0.15) is 0 Å². The van der Waals surface area contributed by atoms with Gasteiger partial charge >= 0.3 is 0 Å². The summed E-state index contributed by atoms with van der Waals surface area (Å²) in [5.74, 6) is -0.422. The second kappa shape index (κ2) is 7.79. The molecule has 0 N–H and O–H groups in total. The Hall–Kier alpha value is -3.43. The third-order valence-electron chi connectivity index (χ3n) is 7.40. The summed E-state index contributed by atoms with van der Waals surface area (Å²) in [6, 6.07) is 23.7. The van der Waals surface area contributed by atoms with Gasteiger partial charge in [-0.3, -0.25) is 9.59 Å². The van der Waals surface area contributed by atoms with Crippen molar-refractivity contribution in [3.63, 3.8) is 0 Å². The maximum atomic E-state index is 14.0. The number of carbonyl (C=O) groups excluding carboxylic acids is 2. The van der Waals surface area contributed by atoms with Crippen LogP contribution in [-0.2, 0) is 4.79 Å². The molecule has 1 aliphatic heterocycles. The van der Waals surface area contributed by atoms with Crippen molar-refractivity contribution in [1.29, 1.82) is 0 Å². The summed E-state index contributed by atoms with van der Waals surface area (Å²) in [6.45, 7) is 6.35. The van der Waals surface area contributed by atoms with Crippen LogP contribution in [0.2, 0.25) is 5.02 Å². The van der Waals surface area contributed by atoms with Crippen LogP contribution in [-0.4, -0.2) is 11.6 Å². The average molecular weight is 480 g/mol. The number of carbonyl (C=O) groups is 2. The lowest BCUT2D eigenvalue weighted by Gasteiger charge is -2.44. The maximum Gasteiger partial charge on any atom is 0.192 e. The van der Waals surface area contributed by atoms with E-state index in [1.807, 2.05) is 48.5 Å². The topological polar surface area (TPSA) is 37.4 Å². The SMILES string of the molecule is Cc1ccc(N2C3=C(C(=O)CC(C)(C)C3)[C@@H](c3ccccc3Cl)C3=C2c2ccccc2C3=O)cc1. The summed E-state index contributed by atoms with van der Waals surface area (Å²) in [6.07, 6.45) is 1.17. The quantitative estimate of drug-likeness (QED) is 0.381. The van der Waals surface area contributed by atoms with Crippen LogP contribution >= 0.6 is 11.6 Å². The van der Waals surface area contributed by atoms with E-state index in [1.165, 1.54) is 0 Å². The van der Waals surface area contributed by atoms with Crippen LogP contribution in [0.5, 0.6) is 0 Å². The number of rotatable bonds is 2.